The van der Waals surface area contributed by atoms with E-state index in [1.165, 1.54) is 11.6 Å². The van der Waals surface area contributed by atoms with Gasteiger partial charge >= 0.3 is 5.97 Å². The first-order valence-corrected chi connectivity index (χ1v) is 4.19. The van der Waals surface area contributed by atoms with Crippen molar-refractivity contribution in [1.29, 1.82) is 0 Å². The summed E-state index contributed by atoms with van der Waals surface area (Å²) in [4.78, 5) is 11.2. The molecule has 2 heterocycles. The number of nitrogens with zero attached hydrogens (tertiary/aromatic N) is 3. The maximum absolute atomic E-state index is 11.2. The van der Waals surface area contributed by atoms with Crippen LogP contribution in [0.5, 0.6) is 0 Å². The summed E-state index contributed by atoms with van der Waals surface area (Å²) in [5.41, 5.74) is 0.583. The van der Waals surface area contributed by atoms with Gasteiger partial charge in [0.25, 0.3) is 0 Å². The van der Waals surface area contributed by atoms with Gasteiger partial charge in [0, 0.05) is 6.20 Å². The van der Waals surface area contributed by atoms with E-state index in [2.05, 4.69) is 15.0 Å². The van der Waals surface area contributed by atoms with Gasteiger partial charge in [-0.05, 0) is 12.1 Å². The summed E-state index contributed by atoms with van der Waals surface area (Å²) >= 11 is 5.90. The molecule has 6 heteroatoms. The molecule has 2 aromatic heterocycles. The van der Waals surface area contributed by atoms with Crippen LogP contribution < -0.4 is 0 Å². The van der Waals surface area contributed by atoms with E-state index in [1.54, 1.807) is 18.3 Å². The van der Waals surface area contributed by atoms with Gasteiger partial charge in [-0.25, -0.2) is 9.31 Å². The van der Waals surface area contributed by atoms with Crippen LogP contribution in [0.4, 0.5) is 0 Å². The van der Waals surface area contributed by atoms with Crippen molar-refractivity contribution in [2.75, 3.05) is 7.11 Å². The highest BCUT2D eigenvalue weighted by Crippen LogP contribution is 2.19. The van der Waals surface area contributed by atoms with Gasteiger partial charge in [0.15, 0.2) is 5.69 Å². The Morgan fingerprint density at radius 1 is 1.64 bits per heavy atom. The quantitative estimate of drug-likeness (QED) is 0.665. The van der Waals surface area contributed by atoms with Gasteiger partial charge in [0.2, 0.25) is 0 Å². The minimum Gasteiger partial charge on any atom is -0.464 e. The number of carbonyl (C=O) groups is 1. The lowest BCUT2D eigenvalue weighted by Crippen LogP contribution is -2.02. The number of fused-ring (bicyclic) bond motifs is 1. The Balaban J connectivity index is 2.73. The highest BCUT2D eigenvalue weighted by atomic mass is 35.5. The van der Waals surface area contributed by atoms with Crippen LogP contribution >= 0.6 is 11.6 Å². The Labute approximate surface area is 84.2 Å². The second-order valence-electron chi connectivity index (χ2n) is 2.58. The first kappa shape index (κ1) is 8.96. The van der Waals surface area contributed by atoms with Crippen LogP contribution in [0, 0.1) is 0 Å². The molecule has 0 amide bonds. The number of ether oxygens (including phenoxy) is 1. The smallest absolute Gasteiger partial charge is 0.360 e. The molecule has 14 heavy (non-hydrogen) atoms. The fraction of sp³-hybridized carbons (Fsp3) is 0.125. The Kier molecular flexibility index (Phi) is 2.09. The third-order valence-electron chi connectivity index (χ3n) is 1.77. The molecule has 0 saturated carbocycles. The molecule has 5 nitrogen and oxygen atoms in total. The molecule has 0 N–H and O–H groups in total. The SMILES string of the molecule is COC(=O)c1nnn2cccc(Cl)c12. The van der Waals surface area contributed by atoms with Gasteiger partial charge in [-0.2, -0.15) is 0 Å². The van der Waals surface area contributed by atoms with E-state index >= 15 is 0 Å². The molecule has 0 bridgehead atoms. The Hall–Kier alpha value is -1.62. The Morgan fingerprint density at radius 2 is 2.43 bits per heavy atom. The topological polar surface area (TPSA) is 56.5 Å². The number of esters is 1. The third kappa shape index (κ3) is 1.22. The Bertz CT molecular complexity index is 494. The average Bonchev–Trinajstić information content (AvgIpc) is 2.62. The lowest BCUT2D eigenvalue weighted by molar-refractivity contribution is 0.0596. The molecular weight excluding hydrogens is 206 g/mol. The van der Waals surface area contributed by atoms with E-state index in [-0.39, 0.29) is 5.69 Å². The van der Waals surface area contributed by atoms with Crippen molar-refractivity contribution in [2.45, 2.75) is 0 Å². The molecule has 0 aromatic carbocycles. The summed E-state index contributed by atoms with van der Waals surface area (Å²) in [5, 5.41) is 7.83. The van der Waals surface area contributed by atoms with Crippen LogP contribution in [0.25, 0.3) is 5.52 Å². The second kappa shape index (κ2) is 3.26. The van der Waals surface area contributed by atoms with Crippen molar-refractivity contribution in [3.05, 3.63) is 29.0 Å². The third-order valence-corrected chi connectivity index (χ3v) is 2.07. The fourth-order valence-electron chi connectivity index (χ4n) is 1.14. The van der Waals surface area contributed by atoms with E-state index < -0.39 is 5.97 Å². The Morgan fingerprint density at radius 3 is 3.14 bits per heavy atom. The molecule has 0 atom stereocenters. The van der Waals surface area contributed by atoms with E-state index in [1.807, 2.05) is 0 Å². The fourth-order valence-corrected chi connectivity index (χ4v) is 1.39. The molecule has 0 aliphatic carbocycles. The zero-order valence-corrected chi connectivity index (χ0v) is 8.02. The normalized spacial score (nSPS) is 10.4. The summed E-state index contributed by atoms with van der Waals surface area (Å²) in [6, 6.07) is 3.37. The standard InChI is InChI=1S/C8H6ClN3O2/c1-14-8(13)6-7-5(9)3-2-4-12(7)11-10-6/h2-4H,1H3. The lowest BCUT2D eigenvalue weighted by Gasteiger charge is -1.96. The monoisotopic (exact) mass is 211 g/mol. The van der Waals surface area contributed by atoms with E-state index in [0.29, 0.717) is 10.5 Å². The van der Waals surface area contributed by atoms with Gasteiger partial charge in [-0.15, -0.1) is 5.10 Å². The first-order valence-electron chi connectivity index (χ1n) is 3.82. The largest absolute Gasteiger partial charge is 0.464 e. The van der Waals surface area contributed by atoms with Gasteiger partial charge in [0.1, 0.15) is 5.52 Å². The summed E-state index contributed by atoms with van der Waals surface area (Å²) < 4.78 is 5.97. The van der Waals surface area contributed by atoms with Crippen LogP contribution in [0.3, 0.4) is 0 Å². The molecular formula is C8H6ClN3O2. The van der Waals surface area contributed by atoms with Crippen molar-refractivity contribution in [2.24, 2.45) is 0 Å². The van der Waals surface area contributed by atoms with E-state index in [4.69, 9.17) is 11.6 Å². The predicted molar refractivity (Wildman–Crippen MR) is 49.3 cm³/mol. The summed E-state index contributed by atoms with van der Waals surface area (Å²) in [6.07, 6.45) is 1.65. The summed E-state index contributed by atoms with van der Waals surface area (Å²) in [7, 11) is 1.28. The number of methoxy groups -OCH3 is 1. The van der Waals surface area contributed by atoms with Gasteiger partial charge < -0.3 is 4.74 Å². The molecule has 0 radical (unpaired) electrons. The number of pyridine rings is 1. The second-order valence-corrected chi connectivity index (χ2v) is 2.99. The van der Waals surface area contributed by atoms with E-state index in [0.717, 1.165) is 0 Å². The predicted octanol–water partition coefficient (Wildman–Crippen LogP) is 1.17. The van der Waals surface area contributed by atoms with Crippen LogP contribution in [0.2, 0.25) is 5.02 Å². The van der Waals surface area contributed by atoms with Crippen molar-refractivity contribution in [1.82, 2.24) is 14.8 Å². The molecule has 72 valence electrons. The molecule has 0 spiro atoms. The number of aromatic nitrogens is 3. The summed E-state index contributed by atoms with van der Waals surface area (Å²) in [5.74, 6) is -0.548. The van der Waals surface area contributed by atoms with Crippen LogP contribution in [-0.4, -0.2) is 27.9 Å². The van der Waals surface area contributed by atoms with Crippen molar-refractivity contribution < 1.29 is 9.53 Å². The minimum atomic E-state index is -0.548. The minimum absolute atomic E-state index is 0.123. The van der Waals surface area contributed by atoms with Crippen molar-refractivity contribution >= 4 is 23.1 Å². The molecule has 0 aliphatic heterocycles. The maximum atomic E-state index is 11.2. The number of hydrogen-bond donors (Lipinski definition) is 0. The first-order chi connectivity index (χ1) is 6.74. The van der Waals surface area contributed by atoms with Crippen LogP contribution in [0.15, 0.2) is 18.3 Å². The molecule has 0 fully saturated rings. The van der Waals surface area contributed by atoms with E-state index in [9.17, 15) is 4.79 Å². The number of rotatable bonds is 1. The van der Waals surface area contributed by atoms with Crippen molar-refractivity contribution in [3.63, 3.8) is 0 Å². The van der Waals surface area contributed by atoms with Gasteiger partial charge in [0.05, 0.1) is 12.1 Å². The summed E-state index contributed by atoms with van der Waals surface area (Å²) in [6.45, 7) is 0. The molecule has 2 rings (SSSR count). The zero-order chi connectivity index (χ0) is 10.1. The molecule has 0 unspecified atom stereocenters. The number of carbonyl (C=O) groups excluding carboxylic acids is 1. The van der Waals surface area contributed by atoms with Crippen LogP contribution in [0.1, 0.15) is 10.5 Å². The zero-order valence-electron chi connectivity index (χ0n) is 7.27. The van der Waals surface area contributed by atoms with Crippen LogP contribution in [-0.2, 0) is 4.74 Å². The number of hydrogen-bond acceptors (Lipinski definition) is 4. The molecule has 0 aliphatic rings. The van der Waals surface area contributed by atoms with Crippen molar-refractivity contribution in [3.8, 4) is 0 Å². The molecule has 2 aromatic rings. The maximum Gasteiger partial charge on any atom is 0.360 e. The highest BCUT2D eigenvalue weighted by molar-refractivity contribution is 6.34. The average molecular weight is 212 g/mol. The molecule has 0 saturated heterocycles. The van der Waals surface area contributed by atoms with Gasteiger partial charge in [-0.3, -0.25) is 0 Å². The lowest BCUT2D eigenvalue weighted by atomic mass is 10.3. The highest BCUT2D eigenvalue weighted by Gasteiger charge is 2.17. The number of halogens is 1. The van der Waals surface area contributed by atoms with Gasteiger partial charge in [-0.1, -0.05) is 16.8 Å².